The van der Waals surface area contributed by atoms with Gasteiger partial charge in [-0.25, -0.2) is 13.9 Å². The molecule has 0 spiro atoms. The molecule has 3 rings (SSSR count). The number of rotatable bonds is 2. The van der Waals surface area contributed by atoms with E-state index in [1.54, 1.807) is 24.4 Å². The van der Waals surface area contributed by atoms with Gasteiger partial charge >= 0.3 is 5.69 Å². The van der Waals surface area contributed by atoms with E-state index >= 15 is 0 Å². The second-order valence-electron chi connectivity index (χ2n) is 4.28. The zero-order valence-electron chi connectivity index (χ0n) is 10.3. The molecule has 2 aromatic heterocycles. The Kier molecular flexibility index (Phi) is 2.80. The molecule has 6 heteroatoms. The van der Waals surface area contributed by atoms with E-state index in [9.17, 15) is 9.18 Å². The zero-order valence-corrected chi connectivity index (χ0v) is 10.3. The molecule has 20 heavy (non-hydrogen) atoms. The lowest BCUT2D eigenvalue weighted by Crippen LogP contribution is -2.22. The van der Waals surface area contributed by atoms with Crippen molar-refractivity contribution < 1.29 is 4.39 Å². The monoisotopic (exact) mass is 268 g/mol. The van der Waals surface area contributed by atoms with Crippen LogP contribution in [0.2, 0.25) is 0 Å². The summed E-state index contributed by atoms with van der Waals surface area (Å²) in [6.45, 7) is 0.0567. The number of nitriles is 1. The van der Waals surface area contributed by atoms with Crippen LogP contribution < -0.4 is 5.69 Å². The van der Waals surface area contributed by atoms with E-state index in [4.69, 9.17) is 5.26 Å². The predicted octanol–water partition coefficient (Wildman–Crippen LogP) is 1.56. The maximum absolute atomic E-state index is 13.3. The molecule has 5 nitrogen and oxygen atoms in total. The normalized spacial score (nSPS) is 10.6. The highest BCUT2D eigenvalue weighted by Crippen LogP contribution is 2.11. The Labute approximate surface area is 113 Å². The Balaban J connectivity index is 2.10. The standard InChI is InChI=1S/C14H9FN4O/c15-12-5-4-10(8-16)11(7-12)9-19-14(20)18-6-2-1-3-13(18)17-19/h1-7H,9H2. The molecule has 0 fully saturated rings. The Morgan fingerprint density at radius 3 is 2.90 bits per heavy atom. The lowest BCUT2D eigenvalue weighted by molar-refractivity contribution is 0.615. The van der Waals surface area contributed by atoms with Crippen molar-refractivity contribution in [3.05, 3.63) is 70.0 Å². The first-order valence-electron chi connectivity index (χ1n) is 5.92. The van der Waals surface area contributed by atoms with Crippen molar-refractivity contribution in [1.82, 2.24) is 14.2 Å². The first-order valence-corrected chi connectivity index (χ1v) is 5.92. The maximum Gasteiger partial charge on any atom is 0.350 e. The van der Waals surface area contributed by atoms with Crippen LogP contribution in [-0.2, 0) is 6.54 Å². The van der Waals surface area contributed by atoms with Crippen molar-refractivity contribution in [2.45, 2.75) is 6.54 Å². The highest BCUT2D eigenvalue weighted by Gasteiger charge is 2.10. The average molecular weight is 268 g/mol. The number of hydrogen-bond acceptors (Lipinski definition) is 3. The van der Waals surface area contributed by atoms with Gasteiger partial charge in [0.15, 0.2) is 5.65 Å². The number of hydrogen-bond donors (Lipinski definition) is 0. The van der Waals surface area contributed by atoms with Gasteiger partial charge in [-0.3, -0.25) is 4.40 Å². The maximum atomic E-state index is 13.3. The van der Waals surface area contributed by atoms with Gasteiger partial charge in [-0.1, -0.05) is 6.07 Å². The van der Waals surface area contributed by atoms with Crippen LogP contribution in [0.5, 0.6) is 0 Å². The second kappa shape index (κ2) is 4.63. The second-order valence-corrected chi connectivity index (χ2v) is 4.28. The summed E-state index contributed by atoms with van der Waals surface area (Å²) < 4.78 is 15.9. The molecule has 0 aliphatic rings. The summed E-state index contributed by atoms with van der Waals surface area (Å²) in [5.41, 5.74) is 0.939. The van der Waals surface area contributed by atoms with E-state index < -0.39 is 5.82 Å². The van der Waals surface area contributed by atoms with Crippen molar-refractivity contribution in [2.24, 2.45) is 0 Å². The lowest BCUT2D eigenvalue weighted by Gasteiger charge is -2.03. The third-order valence-electron chi connectivity index (χ3n) is 3.00. The van der Waals surface area contributed by atoms with Gasteiger partial charge < -0.3 is 0 Å². The van der Waals surface area contributed by atoms with Crippen LogP contribution in [0.3, 0.4) is 0 Å². The summed E-state index contributed by atoms with van der Waals surface area (Å²) in [6, 6.07) is 11.0. The van der Waals surface area contributed by atoms with E-state index in [1.165, 1.54) is 27.3 Å². The van der Waals surface area contributed by atoms with Gasteiger partial charge in [0, 0.05) is 6.20 Å². The Bertz CT molecular complexity index is 888. The molecule has 0 atom stereocenters. The fourth-order valence-corrected chi connectivity index (χ4v) is 2.03. The fraction of sp³-hybridized carbons (Fsp3) is 0.0714. The topological polar surface area (TPSA) is 63.1 Å². The smallest absolute Gasteiger partial charge is 0.250 e. The zero-order chi connectivity index (χ0) is 14.1. The minimum Gasteiger partial charge on any atom is -0.250 e. The fourth-order valence-electron chi connectivity index (χ4n) is 2.03. The summed E-state index contributed by atoms with van der Waals surface area (Å²) in [5, 5.41) is 13.2. The molecule has 0 N–H and O–H groups in total. The average Bonchev–Trinajstić information content (AvgIpc) is 2.76. The van der Waals surface area contributed by atoms with Crippen LogP contribution in [0, 0.1) is 17.1 Å². The Morgan fingerprint density at radius 1 is 1.30 bits per heavy atom. The molecule has 0 bridgehead atoms. The molecular formula is C14H9FN4O. The molecule has 0 radical (unpaired) electrons. The third kappa shape index (κ3) is 1.95. The molecule has 0 aliphatic carbocycles. The first kappa shape index (κ1) is 12.1. The van der Waals surface area contributed by atoms with Crippen molar-refractivity contribution in [1.29, 1.82) is 5.26 Å². The lowest BCUT2D eigenvalue weighted by atomic mass is 10.1. The van der Waals surface area contributed by atoms with Crippen LogP contribution in [0.15, 0.2) is 47.4 Å². The number of nitrogens with zero attached hydrogens (tertiary/aromatic N) is 4. The van der Waals surface area contributed by atoms with Gasteiger partial charge in [0.05, 0.1) is 18.2 Å². The first-order chi connectivity index (χ1) is 9.69. The number of pyridine rings is 1. The number of halogens is 1. The molecule has 1 aromatic carbocycles. The van der Waals surface area contributed by atoms with E-state index in [0.29, 0.717) is 16.8 Å². The molecule has 98 valence electrons. The van der Waals surface area contributed by atoms with E-state index in [2.05, 4.69) is 5.10 Å². The third-order valence-corrected chi connectivity index (χ3v) is 3.00. The minimum atomic E-state index is -0.448. The van der Waals surface area contributed by atoms with E-state index in [1.807, 2.05) is 6.07 Å². The molecule has 0 saturated heterocycles. The van der Waals surface area contributed by atoms with Crippen LogP contribution in [-0.4, -0.2) is 14.2 Å². The van der Waals surface area contributed by atoms with Gasteiger partial charge in [-0.05, 0) is 35.9 Å². The summed E-state index contributed by atoms with van der Waals surface area (Å²) >= 11 is 0. The molecule has 0 saturated carbocycles. The van der Waals surface area contributed by atoms with E-state index in [-0.39, 0.29) is 12.2 Å². The minimum absolute atomic E-state index is 0.0567. The summed E-state index contributed by atoms with van der Waals surface area (Å²) in [4.78, 5) is 12.1. The molecule has 0 unspecified atom stereocenters. The summed E-state index contributed by atoms with van der Waals surface area (Å²) in [6.07, 6.45) is 1.61. The highest BCUT2D eigenvalue weighted by molar-refractivity contribution is 5.39. The van der Waals surface area contributed by atoms with Crippen LogP contribution in [0.4, 0.5) is 4.39 Å². The highest BCUT2D eigenvalue weighted by atomic mass is 19.1. The van der Waals surface area contributed by atoms with Crippen LogP contribution in [0.1, 0.15) is 11.1 Å². The number of fused-ring (bicyclic) bond motifs is 1. The van der Waals surface area contributed by atoms with Crippen molar-refractivity contribution in [3.8, 4) is 6.07 Å². The summed E-state index contributed by atoms with van der Waals surface area (Å²) in [5.74, 6) is -0.448. The molecular weight excluding hydrogens is 259 g/mol. The molecule has 3 aromatic rings. The Morgan fingerprint density at radius 2 is 2.15 bits per heavy atom. The van der Waals surface area contributed by atoms with Gasteiger partial charge in [0.25, 0.3) is 0 Å². The number of benzene rings is 1. The summed E-state index contributed by atoms with van der Waals surface area (Å²) in [7, 11) is 0. The molecule has 2 heterocycles. The van der Waals surface area contributed by atoms with Gasteiger partial charge in [0.1, 0.15) is 5.82 Å². The van der Waals surface area contributed by atoms with Gasteiger partial charge in [-0.2, -0.15) is 5.26 Å². The van der Waals surface area contributed by atoms with Crippen LogP contribution >= 0.6 is 0 Å². The van der Waals surface area contributed by atoms with E-state index in [0.717, 1.165) is 0 Å². The van der Waals surface area contributed by atoms with Crippen molar-refractivity contribution >= 4 is 5.65 Å². The predicted molar refractivity (Wildman–Crippen MR) is 69.7 cm³/mol. The van der Waals surface area contributed by atoms with Crippen LogP contribution in [0.25, 0.3) is 5.65 Å². The number of aromatic nitrogens is 3. The molecule has 0 amide bonds. The SMILES string of the molecule is N#Cc1ccc(F)cc1Cn1nc2ccccn2c1=O. The van der Waals surface area contributed by atoms with Crippen molar-refractivity contribution in [2.75, 3.05) is 0 Å². The largest absolute Gasteiger partial charge is 0.350 e. The van der Waals surface area contributed by atoms with Gasteiger partial charge in [-0.15, -0.1) is 5.10 Å². The molecule has 0 aliphatic heterocycles. The Hall–Kier alpha value is -2.94. The van der Waals surface area contributed by atoms with Gasteiger partial charge in [0.2, 0.25) is 0 Å². The quantitative estimate of drug-likeness (QED) is 0.708. The van der Waals surface area contributed by atoms with Crippen molar-refractivity contribution in [3.63, 3.8) is 0 Å².